The Morgan fingerprint density at radius 1 is 1.38 bits per heavy atom. The zero-order valence-corrected chi connectivity index (χ0v) is 11.6. The molecule has 0 atom stereocenters. The Bertz CT molecular complexity index is 629. The van der Waals surface area contributed by atoms with Gasteiger partial charge in [0.25, 0.3) is 5.69 Å². The SMILES string of the molecule is Cc1cc([N+](=O)[O-])cnc1Nc1ccc(OCCN)cc1. The van der Waals surface area contributed by atoms with Crippen LogP contribution in [-0.2, 0) is 0 Å². The molecule has 1 heterocycles. The van der Waals surface area contributed by atoms with Crippen molar-refractivity contribution < 1.29 is 9.66 Å². The van der Waals surface area contributed by atoms with E-state index in [1.807, 2.05) is 24.3 Å². The lowest BCUT2D eigenvalue weighted by atomic mass is 10.2. The highest BCUT2D eigenvalue weighted by atomic mass is 16.6. The van der Waals surface area contributed by atoms with Gasteiger partial charge in [0.1, 0.15) is 24.4 Å². The predicted molar refractivity (Wildman–Crippen MR) is 79.9 cm³/mol. The number of ether oxygens (including phenoxy) is 1. The average Bonchev–Trinajstić information content (AvgIpc) is 2.48. The van der Waals surface area contributed by atoms with E-state index in [0.717, 1.165) is 11.4 Å². The minimum Gasteiger partial charge on any atom is -0.492 e. The molecule has 0 bridgehead atoms. The van der Waals surface area contributed by atoms with E-state index in [4.69, 9.17) is 10.5 Å². The van der Waals surface area contributed by atoms with Crippen LogP contribution in [0.15, 0.2) is 36.5 Å². The Morgan fingerprint density at radius 2 is 2.10 bits per heavy atom. The van der Waals surface area contributed by atoms with Gasteiger partial charge >= 0.3 is 0 Å². The molecule has 0 radical (unpaired) electrons. The first-order chi connectivity index (χ1) is 10.1. The smallest absolute Gasteiger partial charge is 0.287 e. The molecule has 0 aliphatic carbocycles. The van der Waals surface area contributed by atoms with Gasteiger partial charge < -0.3 is 15.8 Å². The second kappa shape index (κ2) is 6.67. The summed E-state index contributed by atoms with van der Waals surface area (Å²) >= 11 is 0. The highest BCUT2D eigenvalue weighted by Gasteiger charge is 2.09. The van der Waals surface area contributed by atoms with E-state index in [-0.39, 0.29) is 5.69 Å². The molecule has 1 aromatic carbocycles. The summed E-state index contributed by atoms with van der Waals surface area (Å²) < 4.78 is 5.38. The van der Waals surface area contributed by atoms with Crippen LogP contribution in [0, 0.1) is 17.0 Å². The number of rotatable bonds is 6. The van der Waals surface area contributed by atoms with Crippen LogP contribution in [-0.4, -0.2) is 23.1 Å². The summed E-state index contributed by atoms with van der Waals surface area (Å²) in [7, 11) is 0. The standard InChI is InChI=1S/C14H16N4O3/c1-10-8-12(18(19)20)9-16-14(10)17-11-2-4-13(5-3-11)21-7-6-15/h2-5,8-9H,6-7,15H2,1H3,(H,16,17). The van der Waals surface area contributed by atoms with Gasteiger partial charge in [-0.25, -0.2) is 4.98 Å². The quantitative estimate of drug-likeness (QED) is 0.624. The molecule has 2 aromatic rings. The van der Waals surface area contributed by atoms with Crippen molar-refractivity contribution >= 4 is 17.2 Å². The highest BCUT2D eigenvalue weighted by Crippen LogP contribution is 2.23. The van der Waals surface area contributed by atoms with Crippen LogP contribution in [0.2, 0.25) is 0 Å². The molecule has 21 heavy (non-hydrogen) atoms. The van der Waals surface area contributed by atoms with Crippen molar-refractivity contribution in [2.75, 3.05) is 18.5 Å². The first kappa shape index (κ1) is 14.7. The molecule has 0 unspecified atom stereocenters. The number of aryl methyl sites for hydroxylation is 1. The molecule has 0 fully saturated rings. The highest BCUT2D eigenvalue weighted by molar-refractivity contribution is 5.61. The van der Waals surface area contributed by atoms with Crippen molar-refractivity contribution in [3.8, 4) is 5.75 Å². The van der Waals surface area contributed by atoms with Gasteiger partial charge in [-0.3, -0.25) is 10.1 Å². The van der Waals surface area contributed by atoms with Crippen LogP contribution in [0.1, 0.15) is 5.56 Å². The minimum absolute atomic E-state index is 0.0245. The summed E-state index contributed by atoms with van der Waals surface area (Å²) in [5, 5.41) is 13.8. The molecule has 0 saturated carbocycles. The number of hydrogen-bond acceptors (Lipinski definition) is 6. The molecular formula is C14H16N4O3. The number of hydrogen-bond donors (Lipinski definition) is 2. The average molecular weight is 288 g/mol. The lowest BCUT2D eigenvalue weighted by Gasteiger charge is -2.09. The molecule has 0 saturated heterocycles. The third kappa shape index (κ3) is 3.90. The Morgan fingerprint density at radius 3 is 2.67 bits per heavy atom. The molecule has 0 spiro atoms. The normalized spacial score (nSPS) is 10.2. The Balaban J connectivity index is 2.09. The molecule has 0 aliphatic heterocycles. The number of nitrogens with one attached hydrogen (secondary N) is 1. The van der Waals surface area contributed by atoms with Gasteiger partial charge in [0.2, 0.25) is 0 Å². The monoisotopic (exact) mass is 288 g/mol. The van der Waals surface area contributed by atoms with E-state index in [1.165, 1.54) is 12.3 Å². The number of benzene rings is 1. The lowest BCUT2D eigenvalue weighted by Crippen LogP contribution is -2.10. The summed E-state index contributed by atoms with van der Waals surface area (Å²) in [6, 6.07) is 8.80. The Hall–Kier alpha value is -2.67. The van der Waals surface area contributed by atoms with Gasteiger partial charge in [0, 0.05) is 18.3 Å². The van der Waals surface area contributed by atoms with Crippen LogP contribution in [0.5, 0.6) is 5.75 Å². The van der Waals surface area contributed by atoms with E-state index in [0.29, 0.717) is 24.5 Å². The lowest BCUT2D eigenvalue weighted by molar-refractivity contribution is -0.385. The fourth-order valence-electron chi connectivity index (χ4n) is 1.74. The third-order valence-electron chi connectivity index (χ3n) is 2.78. The van der Waals surface area contributed by atoms with Crippen molar-refractivity contribution in [3.63, 3.8) is 0 Å². The summed E-state index contributed by atoms with van der Waals surface area (Å²) in [5.74, 6) is 1.32. The number of pyridine rings is 1. The van der Waals surface area contributed by atoms with Crippen LogP contribution in [0.25, 0.3) is 0 Å². The minimum atomic E-state index is -0.465. The van der Waals surface area contributed by atoms with Gasteiger partial charge in [0.15, 0.2) is 0 Å². The molecular weight excluding hydrogens is 272 g/mol. The van der Waals surface area contributed by atoms with Crippen LogP contribution < -0.4 is 15.8 Å². The number of anilines is 2. The molecule has 2 rings (SSSR count). The first-order valence-corrected chi connectivity index (χ1v) is 6.41. The molecule has 7 heteroatoms. The van der Waals surface area contributed by atoms with Crippen LogP contribution >= 0.6 is 0 Å². The molecule has 0 aliphatic rings. The largest absolute Gasteiger partial charge is 0.492 e. The molecule has 1 aromatic heterocycles. The Labute approximate surface area is 121 Å². The topological polar surface area (TPSA) is 103 Å². The maximum absolute atomic E-state index is 10.7. The fourth-order valence-corrected chi connectivity index (χ4v) is 1.74. The molecule has 7 nitrogen and oxygen atoms in total. The third-order valence-corrected chi connectivity index (χ3v) is 2.78. The van der Waals surface area contributed by atoms with Crippen molar-refractivity contribution in [3.05, 3.63) is 52.2 Å². The maximum atomic E-state index is 10.7. The van der Waals surface area contributed by atoms with Crippen LogP contribution in [0.4, 0.5) is 17.2 Å². The number of nitrogens with zero attached hydrogens (tertiary/aromatic N) is 2. The fraction of sp³-hybridized carbons (Fsp3) is 0.214. The molecule has 0 amide bonds. The van der Waals surface area contributed by atoms with E-state index in [9.17, 15) is 10.1 Å². The van der Waals surface area contributed by atoms with E-state index < -0.39 is 4.92 Å². The molecule has 3 N–H and O–H groups in total. The van der Waals surface area contributed by atoms with Crippen molar-refractivity contribution in [2.24, 2.45) is 5.73 Å². The van der Waals surface area contributed by atoms with E-state index in [1.54, 1.807) is 6.92 Å². The summed E-state index contributed by atoms with van der Waals surface area (Å²) in [6.45, 7) is 2.70. The summed E-state index contributed by atoms with van der Waals surface area (Å²) in [5.41, 5.74) is 6.86. The number of nitrogens with two attached hydrogens (primary N) is 1. The first-order valence-electron chi connectivity index (χ1n) is 6.41. The van der Waals surface area contributed by atoms with E-state index in [2.05, 4.69) is 10.3 Å². The number of nitro groups is 1. The summed E-state index contributed by atoms with van der Waals surface area (Å²) in [4.78, 5) is 14.3. The van der Waals surface area contributed by atoms with Crippen molar-refractivity contribution in [2.45, 2.75) is 6.92 Å². The van der Waals surface area contributed by atoms with Gasteiger partial charge in [0.05, 0.1) is 4.92 Å². The van der Waals surface area contributed by atoms with Crippen molar-refractivity contribution in [1.82, 2.24) is 4.98 Å². The second-order valence-corrected chi connectivity index (χ2v) is 4.40. The zero-order valence-electron chi connectivity index (χ0n) is 11.6. The van der Waals surface area contributed by atoms with E-state index >= 15 is 0 Å². The van der Waals surface area contributed by atoms with Gasteiger partial charge in [-0.2, -0.15) is 0 Å². The van der Waals surface area contributed by atoms with Gasteiger partial charge in [-0.1, -0.05) is 0 Å². The predicted octanol–water partition coefficient (Wildman–Crippen LogP) is 2.38. The maximum Gasteiger partial charge on any atom is 0.287 e. The summed E-state index contributed by atoms with van der Waals surface area (Å²) in [6.07, 6.45) is 1.23. The van der Waals surface area contributed by atoms with Gasteiger partial charge in [-0.05, 0) is 36.8 Å². The van der Waals surface area contributed by atoms with Crippen LogP contribution in [0.3, 0.4) is 0 Å². The Kier molecular flexibility index (Phi) is 4.68. The molecule has 110 valence electrons. The number of aromatic nitrogens is 1. The zero-order chi connectivity index (χ0) is 15.2. The van der Waals surface area contributed by atoms with Gasteiger partial charge in [-0.15, -0.1) is 0 Å². The van der Waals surface area contributed by atoms with Crippen molar-refractivity contribution in [1.29, 1.82) is 0 Å². The second-order valence-electron chi connectivity index (χ2n) is 4.40.